The van der Waals surface area contributed by atoms with Crippen LogP contribution in [0.25, 0.3) is 0 Å². The molecule has 3 aromatic rings. The topological polar surface area (TPSA) is 81.2 Å². The van der Waals surface area contributed by atoms with Crippen molar-refractivity contribution in [2.45, 2.75) is 38.9 Å². The van der Waals surface area contributed by atoms with E-state index in [0.29, 0.717) is 24.2 Å². The third-order valence-electron chi connectivity index (χ3n) is 7.19. The molecule has 2 atom stereocenters. The molecule has 0 saturated carbocycles. The first-order chi connectivity index (χ1) is 16.5. The predicted octanol–water partition coefficient (Wildman–Crippen LogP) is 3.12. The lowest BCUT2D eigenvalue weighted by Gasteiger charge is -2.43. The molecular weight excluding hydrogens is 450 g/mol. The summed E-state index contributed by atoms with van der Waals surface area (Å²) in [7, 11) is 2.17. The molecule has 2 aliphatic heterocycles. The number of benzene rings is 1. The maximum atomic E-state index is 11.9. The molecule has 4 heterocycles. The first-order valence-electron chi connectivity index (χ1n) is 11.8. The fourth-order valence-corrected chi connectivity index (χ4v) is 5.41. The number of fused-ring (bicyclic) bond motifs is 1. The molecule has 178 valence electrons. The Kier molecular flexibility index (Phi) is 6.52. The van der Waals surface area contributed by atoms with Crippen LogP contribution in [0.1, 0.15) is 30.2 Å². The van der Waals surface area contributed by atoms with Crippen LogP contribution in [-0.4, -0.2) is 57.8 Å². The molecule has 34 heavy (non-hydrogen) atoms. The molecule has 0 radical (unpaired) electrons. The van der Waals surface area contributed by atoms with Crippen LogP contribution in [0, 0.1) is 5.92 Å². The maximum absolute atomic E-state index is 11.9. The van der Waals surface area contributed by atoms with Crippen molar-refractivity contribution in [3.63, 3.8) is 0 Å². The Morgan fingerprint density at radius 1 is 1.21 bits per heavy atom. The number of likely N-dealkylation sites (tertiary alicyclic amines) is 1. The van der Waals surface area contributed by atoms with Gasteiger partial charge in [0.1, 0.15) is 17.2 Å². The van der Waals surface area contributed by atoms with Gasteiger partial charge in [0.15, 0.2) is 0 Å². The van der Waals surface area contributed by atoms with Gasteiger partial charge in [-0.15, -0.1) is 0 Å². The summed E-state index contributed by atoms with van der Waals surface area (Å²) in [5.74, 6) is 1.59. The van der Waals surface area contributed by atoms with E-state index in [2.05, 4.69) is 74.2 Å². The standard InChI is InChI=1S/C25H30ClN7O/c1-17-8-10-32(13-18-6-4-3-5-7-18)15-22(17)31(2)24-19-9-11-33(14-20(19)27-16-28-24)21-12-29-30-25(34)23(21)26/h3-7,12,16-17,22H,8-11,13-15H2,1-2H3,(H,30,34). The Labute approximate surface area is 204 Å². The van der Waals surface area contributed by atoms with Gasteiger partial charge in [0.25, 0.3) is 5.56 Å². The monoisotopic (exact) mass is 479 g/mol. The molecule has 9 heteroatoms. The number of likely N-dealkylation sites (N-methyl/N-ethyl adjacent to an activating group) is 1. The SMILES string of the molecule is CC1CCN(Cc2ccccc2)CC1N(C)c1ncnc2c1CCN(c1cn[nH]c(=O)c1Cl)C2. The Hall–Kier alpha value is -2.97. The number of aromatic amines is 1. The number of hydrogen-bond acceptors (Lipinski definition) is 7. The van der Waals surface area contributed by atoms with Crippen LogP contribution in [0.3, 0.4) is 0 Å². The molecule has 1 aromatic carbocycles. The Balaban J connectivity index is 1.35. The molecule has 2 aromatic heterocycles. The third-order valence-corrected chi connectivity index (χ3v) is 7.55. The van der Waals surface area contributed by atoms with E-state index in [0.717, 1.165) is 50.5 Å². The number of aromatic nitrogens is 4. The van der Waals surface area contributed by atoms with Crippen LogP contribution in [0.15, 0.2) is 47.7 Å². The molecule has 5 rings (SSSR count). The van der Waals surface area contributed by atoms with E-state index in [1.165, 1.54) is 11.1 Å². The van der Waals surface area contributed by atoms with Gasteiger partial charge < -0.3 is 9.80 Å². The van der Waals surface area contributed by atoms with Crippen LogP contribution in [0.4, 0.5) is 11.5 Å². The number of anilines is 2. The second kappa shape index (κ2) is 9.72. The highest BCUT2D eigenvalue weighted by Crippen LogP contribution is 2.32. The minimum atomic E-state index is -0.376. The Bertz CT molecular complexity index is 1200. The van der Waals surface area contributed by atoms with Crippen molar-refractivity contribution < 1.29 is 0 Å². The zero-order valence-corrected chi connectivity index (χ0v) is 20.4. The smallest absolute Gasteiger partial charge is 0.285 e. The third kappa shape index (κ3) is 4.52. The number of H-pyrrole nitrogens is 1. The van der Waals surface area contributed by atoms with E-state index in [1.54, 1.807) is 12.5 Å². The lowest BCUT2D eigenvalue weighted by atomic mass is 9.91. The van der Waals surface area contributed by atoms with Gasteiger partial charge in [-0.2, -0.15) is 5.10 Å². The fourth-order valence-electron chi connectivity index (χ4n) is 5.20. The van der Waals surface area contributed by atoms with Crippen molar-refractivity contribution >= 4 is 23.1 Å². The minimum Gasteiger partial charge on any atom is -0.363 e. The van der Waals surface area contributed by atoms with Crippen LogP contribution >= 0.6 is 11.6 Å². The molecule has 1 saturated heterocycles. The summed E-state index contributed by atoms with van der Waals surface area (Å²) in [6, 6.07) is 11.1. The van der Waals surface area contributed by atoms with E-state index in [-0.39, 0.29) is 10.6 Å². The average Bonchev–Trinajstić information content (AvgIpc) is 2.86. The summed E-state index contributed by atoms with van der Waals surface area (Å²) in [4.78, 5) is 28.2. The van der Waals surface area contributed by atoms with Gasteiger partial charge >= 0.3 is 0 Å². The van der Waals surface area contributed by atoms with Gasteiger partial charge in [-0.3, -0.25) is 9.69 Å². The molecule has 0 bridgehead atoms. The summed E-state index contributed by atoms with van der Waals surface area (Å²) >= 11 is 6.25. The molecule has 2 unspecified atom stereocenters. The summed E-state index contributed by atoms with van der Waals surface area (Å²) < 4.78 is 0. The highest BCUT2D eigenvalue weighted by molar-refractivity contribution is 6.33. The van der Waals surface area contributed by atoms with Crippen molar-refractivity contribution in [3.05, 3.63) is 75.1 Å². The van der Waals surface area contributed by atoms with Crippen LogP contribution in [0.2, 0.25) is 5.02 Å². The van der Waals surface area contributed by atoms with Crippen LogP contribution < -0.4 is 15.4 Å². The normalized spacial score (nSPS) is 20.7. The van der Waals surface area contributed by atoms with E-state index in [9.17, 15) is 4.79 Å². The van der Waals surface area contributed by atoms with Crippen molar-refractivity contribution in [2.75, 3.05) is 36.5 Å². The van der Waals surface area contributed by atoms with Crippen molar-refractivity contribution in [1.82, 2.24) is 25.1 Å². The highest BCUT2D eigenvalue weighted by atomic mass is 35.5. The summed E-state index contributed by atoms with van der Waals surface area (Å²) in [6.07, 6.45) is 5.21. The molecule has 0 spiro atoms. The van der Waals surface area contributed by atoms with Crippen molar-refractivity contribution in [1.29, 1.82) is 0 Å². The lowest BCUT2D eigenvalue weighted by Crippen LogP contribution is -2.51. The summed E-state index contributed by atoms with van der Waals surface area (Å²) in [5, 5.41) is 6.47. The zero-order chi connectivity index (χ0) is 23.7. The molecule has 1 fully saturated rings. The molecule has 2 aliphatic rings. The predicted molar refractivity (Wildman–Crippen MR) is 134 cm³/mol. The summed E-state index contributed by atoms with van der Waals surface area (Å²) in [5.41, 5.74) is 3.78. The average molecular weight is 480 g/mol. The molecule has 8 nitrogen and oxygen atoms in total. The van der Waals surface area contributed by atoms with E-state index < -0.39 is 0 Å². The van der Waals surface area contributed by atoms with Crippen LogP contribution in [0.5, 0.6) is 0 Å². The van der Waals surface area contributed by atoms with E-state index in [1.807, 2.05) is 0 Å². The fraction of sp³-hybridized carbons (Fsp3) is 0.440. The van der Waals surface area contributed by atoms with Gasteiger partial charge in [-0.05, 0) is 30.9 Å². The van der Waals surface area contributed by atoms with Gasteiger partial charge in [-0.1, -0.05) is 48.9 Å². The summed E-state index contributed by atoms with van der Waals surface area (Å²) in [6.45, 7) is 6.74. The first-order valence-corrected chi connectivity index (χ1v) is 12.2. The minimum absolute atomic E-state index is 0.166. The highest BCUT2D eigenvalue weighted by Gasteiger charge is 2.32. The Morgan fingerprint density at radius 3 is 2.85 bits per heavy atom. The number of rotatable bonds is 5. The molecule has 1 N–H and O–H groups in total. The number of hydrogen-bond donors (Lipinski definition) is 1. The number of nitrogens with zero attached hydrogens (tertiary/aromatic N) is 6. The Morgan fingerprint density at radius 2 is 2.03 bits per heavy atom. The van der Waals surface area contributed by atoms with E-state index in [4.69, 9.17) is 16.6 Å². The number of piperidine rings is 1. The largest absolute Gasteiger partial charge is 0.363 e. The molecule has 0 aliphatic carbocycles. The van der Waals surface area contributed by atoms with Crippen molar-refractivity contribution in [3.8, 4) is 0 Å². The van der Waals surface area contributed by atoms with Crippen LogP contribution in [-0.2, 0) is 19.5 Å². The van der Waals surface area contributed by atoms with Gasteiger partial charge in [0.05, 0.1) is 24.1 Å². The van der Waals surface area contributed by atoms with E-state index >= 15 is 0 Å². The molecular formula is C25H30ClN7O. The van der Waals surface area contributed by atoms with Gasteiger partial charge in [0.2, 0.25) is 0 Å². The second-order valence-corrected chi connectivity index (χ2v) is 9.74. The second-order valence-electron chi connectivity index (χ2n) is 9.36. The van der Waals surface area contributed by atoms with Gasteiger partial charge in [-0.25, -0.2) is 15.1 Å². The quantitative estimate of drug-likeness (QED) is 0.602. The lowest BCUT2D eigenvalue weighted by molar-refractivity contribution is 0.159. The first kappa shape index (κ1) is 22.8. The zero-order valence-electron chi connectivity index (χ0n) is 19.6. The number of nitrogens with one attached hydrogen (secondary N) is 1. The number of halogens is 1. The maximum Gasteiger partial charge on any atom is 0.285 e. The van der Waals surface area contributed by atoms with Crippen molar-refractivity contribution in [2.24, 2.45) is 5.92 Å². The van der Waals surface area contributed by atoms with Gasteiger partial charge in [0, 0.05) is 38.3 Å². The molecule has 0 amide bonds.